The standard InChI is InChI=1S/C15H26N4O3S/c1-12-6-14(18(2)17-12)8-19-10-15(11-19)5-4-13(9-22-15)7-16-23(3,20)21/h6,13,16H,4-5,7-11H2,1-3H3/t13-/m1/s1. The number of likely N-dealkylation sites (tertiary alicyclic amines) is 1. The van der Waals surface area contributed by atoms with Crippen LogP contribution in [0.4, 0.5) is 0 Å². The molecule has 1 spiro atoms. The Bertz CT molecular complexity index is 654. The van der Waals surface area contributed by atoms with E-state index in [1.807, 2.05) is 18.7 Å². The van der Waals surface area contributed by atoms with E-state index in [9.17, 15) is 8.42 Å². The van der Waals surface area contributed by atoms with Crippen LogP contribution in [0.1, 0.15) is 24.2 Å². The summed E-state index contributed by atoms with van der Waals surface area (Å²) in [5.41, 5.74) is 2.26. The van der Waals surface area contributed by atoms with Crippen LogP contribution < -0.4 is 4.72 Å². The minimum Gasteiger partial charge on any atom is -0.372 e. The monoisotopic (exact) mass is 342 g/mol. The Morgan fingerprint density at radius 3 is 2.74 bits per heavy atom. The first-order valence-corrected chi connectivity index (χ1v) is 9.94. The van der Waals surface area contributed by atoms with Crippen LogP contribution in [0.25, 0.3) is 0 Å². The highest BCUT2D eigenvalue weighted by molar-refractivity contribution is 7.88. The van der Waals surface area contributed by atoms with Gasteiger partial charge in [-0.3, -0.25) is 9.58 Å². The van der Waals surface area contributed by atoms with E-state index in [4.69, 9.17) is 4.74 Å². The molecular weight excluding hydrogens is 316 g/mol. The lowest BCUT2D eigenvalue weighted by molar-refractivity contribution is -0.181. The van der Waals surface area contributed by atoms with Crippen LogP contribution in [0.2, 0.25) is 0 Å². The van der Waals surface area contributed by atoms with E-state index in [1.54, 1.807) is 0 Å². The Morgan fingerprint density at radius 2 is 2.22 bits per heavy atom. The molecule has 7 nitrogen and oxygen atoms in total. The Kier molecular flexibility index (Phi) is 4.52. The molecule has 1 atom stereocenters. The third-order valence-corrected chi connectivity index (χ3v) is 5.47. The number of aryl methyl sites for hydroxylation is 2. The number of ether oxygens (including phenoxy) is 1. The molecule has 130 valence electrons. The second-order valence-corrected chi connectivity index (χ2v) is 8.90. The fourth-order valence-electron chi connectivity index (χ4n) is 3.52. The zero-order chi connectivity index (χ0) is 16.7. The van der Waals surface area contributed by atoms with Gasteiger partial charge in [-0.2, -0.15) is 5.10 Å². The SMILES string of the molecule is Cc1cc(CN2CC3(CC[C@H](CNS(C)(=O)=O)CO3)C2)n(C)n1. The zero-order valence-electron chi connectivity index (χ0n) is 14.1. The maximum absolute atomic E-state index is 11.1. The van der Waals surface area contributed by atoms with Crippen molar-refractivity contribution in [2.75, 3.05) is 32.5 Å². The molecule has 2 saturated heterocycles. The maximum atomic E-state index is 11.1. The lowest BCUT2D eigenvalue weighted by Crippen LogP contribution is -2.64. The van der Waals surface area contributed by atoms with Gasteiger partial charge in [-0.25, -0.2) is 13.1 Å². The van der Waals surface area contributed by atoms with Gasteiger partial charge in [0.25, 0.3) is 0 Å². The van der Waals surface area contributed by atoms with Gasteiger partial charge in [0.05, 0.1) is 29.9 Å². The number of hydrogen-bond acceptors (Lipinski definition) is 5. The molecule has 0 saturated carbocycles. The predicted octanol–water partition coefficient (Wildman–Crippen LogP) is 0.259. The van der Waals surface area contributed by atoms with E-state index >= 15 is 0 Å². The molecule has 2 fully saturated rings. The van der Waals surface area contributed by atoms with Crippen molar-refractivity contribution in [3.05, 3.63) is 17.5 Å². The summed E-state index contributed by atoms with van der Waals surface area (Å²) < 4.78 is 32.9. The van der Waals surface area contributed by atoms with Crippen molar-refractivity contribution in [3.8, 4) is 0 Å². The number of sulfonamides is 1. The summed E-state index contributed by atoms with van der Waals surface area (Å²) in [7, 11) is -1.13. The van der Waals surface area contributed by atoms with E-state index in [-0.39, 0.29) is 11.5 Å². The van der Waals surface area contributed by atoms with Gasteiger partial charge in [0.1, 0.15) is 0 Å². The van der Waals surface area contributed by atoms with Gasteiger partial charge >= 0.3 is 0 Å². The van der Waals surface area contributed by atoms with Crippen LogP contribution >= 0.6 is 0 Å². The summed E-state index contributed by atoms with van der Waals surface area (Å²) in [6.45, 7) is 5.93. The highest BCUT2D eigenvalue weighted by Gasteiger charge is 2.46. The largest absolute Gasteiger partial charge is 0.372 e. The van der Waals surface area contributed by atoms with E-state index < -0.39 is 10.0 Å². The number of nitrogens with zero attached hydrogens (tertiary/aromatic N) is 3. The van der Waals surface area contributed by atoms with E-state index in [0.29, 0.717) is 13.2 Å². The fraction of sp³-hybridized carbons (Fsp3) is 0.800. The average molecular weight is 342 g/mol. The molecule has 2 aliphatic rings. The van der Waals surface area contributed by atoms with Gasteiger partial charge in [-0.1, -0.05) is 0 Å². The Balaban J connectivity index is 1.44. The lowest BCUT2D eigenvalue weighted by Gasteiger charge is -2.52. The number of rotatable bonds is 5. The van der Waals surface area contributed by atoms with Gasteiger partial charge in [0.2, 0.25) is 10.0 Å². The predicted molar refractivity (Wildman–Crippen MR) is 87.5 cm³/mol. The second-order valence-electron chi connectivity index (χ2n) is 7.07. The summed E-state index contributed by atoms with van der Waals surface area (Å²) in [6, 6.07) is 2.12. The molecule has 8 heteroatoms. The van der Waals surface area contributed by atoms with Crippen molar-refractivity contribution in [1.29, 1.82) is 0 Å². The van der Waals surface area contributed by atoms with Crippen molar-refractivity contribution in [2.24, 2.45) is 13.0 Å². The quantitative estimate of drug-likeness (QED) is 0.831. The molecule has 0 aromatic carbocycles. The molecule has 0 unspecified atom stereocenters. The van der Waals surface area contributed by atoms with Crippen LogP contribution in [0.15, 0.2) is 6.07 Å². The fourth-order valence-corrected chi connectivity index (χ4v) is 4.06. The normalized spacial score (nSPS) is 24.7. The summed E-state index contributed by atoms with van der Waals surface area (Å²) in [4.78, 5) is 2.38. The topological polar surface area (TPSA) is 76.5 Å². The Morgan fingerprint density at radius 1 is 1.48 bits per heavy atom. The Hall–Kier alpha value is -0.960. The smallest absolute Gasteiger partial charge is 0.208 e. The van der Waals surface area contributed by atoms with Crippen molar-refractivity contribution in [1.82, 2.24) is 19.4 Å². The summed E-state index contributed by atoms with van der Waals surface area (Å²) in [5.74, 6) is 0.282. The molecule has 0 radical (unpaired) electrons. The second kappa shape index (κ2) is 6.16. The first-order valence-electron chi connectivity index (χ1n) is 8.05. The van der Waals surface area contributed by atoms with Crippen molar-refractivity contribution >= 4 is 10.0 Å². The molecule has 2 aliphatic heterocycles. The van der Waals surface area contributed by atoms with Gasteiger partial charge in [0.15, 0.2) is 0 Å². The molecule has 23 heavy (non-hydrogen) atoms. The van der Waals surface area contributed by atoms with E-state index in [2.05, 4.69) is 20.8 Å². The third-order valence-electron chi connectivity index (χ3n) is 4.78. The molecular formula is C15H26N4O3S. The van der Waals surface area contributed by atoms with Crippen LogP contribution in [0, 0.1) is 12.8 Å². The summed E-state index contributed by atoms with van der Waals surface area (Å²) >= 11 is 0. The van der Waals surface area contributed by atoms with E-state index in [1.165, 1.54) is 11.9 Å². The number of nitrogens with one attached hydrogen (secondary N) is 1. The van der Waals surface area contributed by atoms with Crippen LogP contribution in [0.5, 0.6) is 0 Å². The zero-order valence-corrected chi connectivity index (χ0v) is 14.9. The van der Waals surface area contributed by atoms with Gasteiger partial charge in [0, 0.05) is 33.2 Å². The average Bonchev–Trinajstić information content (AvgIpc) is 2.73. The highest BCUT2D eigenvalue weighted by atomic mass is 32.2. The Labute approximate surface area is 138 Å². The van der Waals surface area contributed by atoms with Crippen molar-refractivity contribution in [3.63, 3.8) is 0 Å². The molecule has 1 N–H and O–H groups in total. The lowest BCUT2D eigenvalue weighted by atomic mass is 9.83. The van der Waals surface area contributed by atoms with Crippen molar-refractivity contribution in [2.45, 2.75) is 31.9 Å². The van der Waals surface area contributed by atoms with Crippen molar-refractivity contribution < 1.29 is 13.2 Å². The summed E-state index contributed by atoms with van der Waals surface area (Å²) in [6.07, 6.45) is 3.22. The highest BCUT2D eigenvalue weighted by Crippen LogP contribution is 2.36. The number of aromatic nitrogens is 2. The van der Waals surface area contributed by atoms with E-state index in [0.717, 1.165) is 38.2 Å². The molecule has 0 aliphatic carbocycles. The van der Waals surface area contributed by atoms with Gasteiger partial charge in [-0.15, -0.1) is 0 Å². The van der Waals surface area contributed by atoms with Gasteiger partial charge < -0.3 is 4.74 Å². The maximum Gasteiger partial charge on any atom is 0.208 e. The summed E-state index contributed by atoms with van der Waals surface area (Å²) in [5, 5.41) is 4.38. The molecule has 1 aromatic rings. The number of hydrogen-bond donors (Lipinski definition) is 1. The minimum absolute atomic E-state index is 0.0186. The molecule has 3 rings (SSSR count). The molecule has 3 heterocycles. The first-order chi connectivity index (χ1) is 10.7. The van der Waals surface area contributed by atoms with Crippen LogP contribution in [-0.2, 0) is 28.4 Å². The minimum atomic E-state index is -3.11. The first kappa shape index (κ1) is 16.9. The van der Waals surface area contributed by atoms with Crippen LogP contribution in [0.3, 0.4) is 0 Å². The molecule has 1 aromatic heterocycles. The third kappa shape index (κ3) is 4.12. The molecule has 0 bridgehead atoms. The molecule has 0 amide bonds. The van der Waals surface area contributed by atoms with Gasteiger partial charge in [-0.05, 0) is 31.7 Å². The van der Waals surface area contributed by atoms with Crippen LogP contribution in [-0.4, -0.2) is 61.2 Å².